The summed E-state index contributed by atoms with van der Waals surface area (Å²) in [6.45, 7) is 7.18. The van der Waals surface area contributed by atoms with E-state index in [1.807, 2.05) is 13.8 Å². The fraction of sp³-hybridized carbons (Fsp3) is 1.00. The van der Waals surface area contributed by atoms with Crippen molar-refractivity contribution in [2.75, 3.05) is 39.6 Å². The van der Waals surface area contributed by atoms with Crippen molar-refractivity contribution in [2.45, 2.75) is 166 Å². The minimum absolute atomic E-state index is 0.0505. The highest BCUT2D eigenvalue weighted by Gasteiger charge is 2.29. The first-order chi connectivity index (χ1) is 21.4. The van der Waals surface area contributed by atoms with Crippen LogP contribution in [-0.2, 0) is 28.4 Å². The van der Waals surface area contributed by atoms with Crippen molar-refractivity contribution >= 4 is 0 Å². The maximum Gasteiger partial charge on any atom is 0.155 e. The Morgan fingerprint density at radius 2 is 0.727 bits per heavy atom. The topological polar surface area (TPSA) is 95.8 Å². The lowest BCUT2D eigenvalue weighted by molar-refractivity contribution is -0.177. The fourth-order valence-corrected chi connectivity index (χ4v) is 8.20. The monoisotopic (exact) mass is 626 g/mol. The van der Waals surface area contributed by atoms with Gasteiger partial charge in [-0.2, -0.15) is 0 Å². The van der Waals surface area contributed by atoms with Crippen LogP contribution in [0.1, 0.15) is 129 Å². The molecule has 0 aliphatic heterocycles. The van der Waals surface area contributed by atoms with E-state index < -0.39 is 0 Å². The van der Waals surface area contributed by atoms with E-state index in [1.54, 1.807) is 0 Å². The highest BCUT2D eigenvalue weighted by Crippen LogP contribution is 2.37. The summed E-state index contributed by atoms with van der Waals surface area (Å²) in [5.74, 6) is 3.29. The molecular weight excluding hydrogens is 560 g/mol. The smallest absolute Gasteiger partial charge is 0.155 e. The summed E-state index contributed by atoms with van der Waals surface area (Å²) < 4.78 is 35.3. The third kappa shape index (κ3) is 14.6. The van der Waals surface area contributed by atoms with Gasteiger partial charge in [0.25, 0.3) is 0 Å². The summed E-state index contributed by atoms with van der Waals surface area (Å²) in [7, 11) is 0. The molecule has 8 nitrogen and oxygen atoms in total. The van der Waals surface area contributed by atoms with Crippen LogP contribution in [0.15, 0.2) is 0 Å². The van der Waals surface area contributed by atoms with Gasteiger partial charge in [-0.25, -0.2) is 0 Å². The molecule has 0 saturated heterocycles. The molecule has 8 heteroatoms. The van der Waals surface area contributed by atoms with Crippen molar-refractivity contribution in [3.05, 3.63) is 0 Å². The predicted octanol–water partition coefficient (Wildman–Crippen LogP) is 6.78. The largest absolute Gasteiger partial charge is 0.393 e. The SMILES string of the molecule is CC(OCCOCCOCCOC(C)OC1CCC(CC2CCC(O)CC2)CC1)OC1CCC(CC2CCC(O)CC2)CC1. The molecule has 0 bridgehead atoms. The van der Waals surface area contributed by atoms with Crippen molar-refractivity contribution in [1.29, 1.82) is 0 Å². The Morgan fingerprint density at radius 3 is 1.07 bits per heavy atom. The van der Waals surface area contributed by atoms with Crippen LogP contribution in [-0.4, -0.2) is 86.9 Å². The van der Waals surface area contributed by atoms with Crippen LogP contribution in [0.3, 0.4) is 0 Å². The zero-order valence-electron chi connectivity index (χ0n) is 28.1. The molecule has 2 atom stereocenters. The number of ether oxygens (including phenoxy) is 6. The molecule has 4 saturated carbocycles. The second kappa shape index (κ2) is 20.8. The van der Waals surface area contributed by atoms with Crippen LogP contribution < -0.4 is 0 Å². The third-order valence-corrected chi connectivity index (χ3v) is 10.9. The third-order valence-electron chi connectivity index (χ3n) is 10.9. The lowest BCUT2D eigenvalue weighted by Crippen LogP contribution is -2.29. The quantitative estimate of drug-likeness (QED) is 0.120. The first kappa shape index (κ1) is 36.5. The fourth-order valence-electron chi connectivity index (χ4n) is 8.20. The Hall–Kier alpha value is -0.320. The van der Waals surface area contributed by atoms with E-state index in [1.165, 1.54) is 64.2 Å². The summed E-state index contributed by atoms with van der Waals surface area (Å²) in [6.07, 6.45) is 21.1. The van der Waals surface area contributed by atoms with Gasteiger partial charge in [0.15, 0.2) is 12.6 Å². The standard InChI is InChI=1S/C36H66O8/c1-27(43-35-15-7-31(8-16-35)25-29-3-11-33(37)12-4-29)41-23-21-39-19-20-40-22-24-42-28(2)44-36-17-9-32(10-18-36)26-30-5-13-34(38)14-6-30/h27-38H,3-26H2,1-2H3. The van der Waals surface area contributed by atoms with Crippen LogP contribution in [0, 0.1) is 23.7 Å². The molecule has 0 aromatic carbocycles. The number of hydrogen-bond donors (Lipinski definition) is 2. The minimum Gasteiger partial charge on any atom is -0.393 e. The molecule has 0 radical (unpaired) electrons. The Balaban J connectivity index is 0.890. The van der Waals surface area contributed by atoms with Gasteiger partial charge in [0.2, 0.25) is 0 Å². The van der Waals surface area contributed by atoms with Crippen LogP contribution in [0.2, 0.25) is 0 Å². The Bertz CT molecular complexity index is 647. The van der Waals surface area contributed by atoms with Gasteiger partial charge in [-0.3, -0.25) is 0 Å². The minimum atomic E-state index is -0.204. The molecular formula is C36H66O8. The van der Waals surface area contributed by atoms with E-state index in [-0.39, 0.29) is 24.8 Å². The van der Waals surface area contributed by atoms with Gasteiger partial charge in [0.1, 0.15) is 0 Å². The summed E-state index contributed by atoms with van der Waals surface area (Å²) in [4.78, 5) is 0. The van der Waals surface area contributed by atoms with Crippen molar-refractivity contribution in [2.24, 2.45) is 23.7 Å². The molecule has 4 fully saturated rings. The van der Waals surface area contributed by atoms with E-state index in [9.17, 15) is 10.2 Å². The Labute approximate surface area is 268 Å². The van der Waals surface area contributed by atoms with Gasteiger partial charge < -0.3 is 38.6 Å². The lowest BCUT2D eigenvalue weighted by atomic mass is 9.76. The van der Waals surface area contributed by atoms with Crippen molar-refractivity contribution in [1.82, 2.24) is 0 Å². The molecule has 0 spiro atoms. The number of aliphatic hydroxyl groups excluding tert-OH is 2. The molecule has 44 heavy (non-hydrogen) atoms. The number of aliphatic hydroxyl groups is 2. The molecule has 2 N–H and O–H groups in total. The van der Waals surface area contributed by atoms with Gasteiger partial charge in [0.05, 0.1) is 64.1 Å². The summed E-state index contributed by atoms with van der Waals surface area (Å²) in [5.41, 5.74) is 0. The molecule has 4 aliphatic rings. The molecule has 2 unspecified atom stereocenters. The molecule has 0 aromatic rings. The van der Waals surface area contributed by atoms with Crippen molar-refractivity contribution < 1.29 is 38.6 Å². The first-order valence-corrected chi connectivity index (χ1v) is 18.5. The Morgan fingerprint density at radius 1 is 0.432 bits per heavy atom. The average Bonchev–Trinajstić information content (AvgIpc) is 3.02. The zero-order chi connectivity index (χ0) is 31.0. The first-order valence-electron chi connectivity index (χ1n) is 18.5. The van der Waals surface area contributed by atoms with Gasteiger partial charge in [-0.1, -0.05) is 0 Å². The molecule has 0 amide bonds. The summed E-state index contributed by atoms with van der Waals surface area (Å²) in [6, 6.07) is 0. The van der Waals surface area contributed by atoms with Crippen LogP contribution >= 0.6 is 0 Å². The second-order valence-corrected chi connectivity index (χ2v) is 14.5. The van der Waals surface area contributed by atoms with Gasteiger partial charge in [-0.05, 0) is 153 Å². The van der Waals surface area contributed by atoms with E-state index >= 15 is 0 Å². The van der Waals surface area contributed by atoms with E-state index in [2.05, 4.69) is 0 Å². The maximum atomic E-state index is 9.73. The summed E-state index contributed by atoms with van der Waals surface area (Å²) >= 11 is 0. The highest BCUT2D eigenvalue weighted by atomic mass is 16.7. The zero-order valence-corrected chi connectivity index (χ0v) is 28.1. The van der Waals surface area contributed by atoms with Crippen LogP contribution in [0.4, 0.5) is 0 Å². The summed E-state index contributed by atoms with van der Waals surface area (Å²) in [5, 5.41) is 19.5. The van der Waals surface area contributed by atoms with Crippen LogP contribution in [0.5, 0.6) is 0 Å². The van der Waals surface area contributed by atoms with Crippen molar-refractivity contribution in [3.63, 3.8) is 0 Å². The van der Waals surface area contributed by atoms with E-state index in [0.717, 1.165) is 75.0 Å². The second-order valence-electron chi connectivity index (χ2n) is 14.5. The Kier molecular flexibility index (Phi) is 17.3. The van der Waals surface area contributed by atoms with Gasteiger partial charge in [0, 0.05) is 0 Å². The normalized spacial score (nSPS) is 34.9. The van der Waals surface area contributed by atoms with Gasteiger partial charge in [-0.15, -0.1) is 0 Å². The maximum absolute atomic E-state index is 9.73. The highest BCUT2D eigenvalue weighted by molar-refractivity contribution is 4.80. The average molecular weight is 627 g/mol. The van der Waals surface area contributed by atoms with Crippen LogP contribution in [0.25, 0.3) is 0 Å². The molecule has 0 heterocycles. The number of hydrogen-bond acceptors (Lipinski definition) is 8. The van der Waals surface area contributed by atoms with Crippen molar-refractivity contribution in [3.8, 4) is 0 Å². The van der Waals surface area contributed by atoms with E-state index in [4.69, 9.17) is 28.4 Å². The molecule has 0 aromatic heterocycles. The van der Waals surface area contributed by atoms with E-state index in [0.29, 0.717) is 51.8 Å². The molecule has 4 aliphatic carbocycles. The number of rotatable bonds is 19. The molecule has 258 valence electrons. The lowest BCUT2D eigenvalue weighted by Gasteiger charge is -2.34. The predicted molar refractivity (Wildman–Crippen MR) is 171 cm³/mol. The van der Waals surface area contributed by atoms with Gasteiger partial charge >= 0.3 is 0 Å². The molecule has 4 rings (SSSR count).